The molecule has 1 amide bonds. The Morgan fingerprint density at radius 3 is 2.36 bits per heavy atom. The molecule has 0 radical (unpaired) electrons. The van der Waals surface area contributed by atoms with E-state index in [1.807, 2.05) is 30.3 Å². The third-order valence-electron chi connectivity index (χ3n) is 3.83. The monoisotopic (exact) mass is 302 g/mol. The van der Waals surface area contributed by atoms with Crippen molar-refractivity contribution < 1.29 is 13.6 Å². The van der Waals surface area contributed by atoms with Gasteiger partial charge in [-0.2, -0.15) is 0 Å². The Hall–Kier alpha value is -2.27. The standard InChI is InChI=1S/C17H16F2N2O/c18-12-7-4-8-13(19)16(12)15-10-20-17(22)14(21-15)9-11-5-2-1-3-6-11/h1-8,14-15,21H,9-10H2,(H,20,22). The maximum Gasteiger partial charge on any atom is 0.237 e. The van der Waals surface area contributed by atoms with Crippen molar-refractivity contribution in [1.82, 2.24) is 10.6 Å². The molecule has 0 aromatic heterocycles. The van der Waals surface area contributed by atoms with E-state index < -0.39 is 23.7 Å². The minimum absolute atomic E-state index is 0.0273. The van der Waals surface area contributed by atoms with E-state index in [1.54, 1.807) is 0 Å². The zero-order valence-electron chi connectivity index (χ0n) is 11.9. The van der Waals surface area contributed by atoms with Gasteiger partial charge in [0.15, 0.2) is 0 Å². The van der Waals surface area contributed by atoms with E-state index in [2.05, 4.69) is 10.6 Å². The van der Waals surface area contributed by atoms with E-state index in [4.69, 9.17) is 0 Å². The summed E-state index contributed by atoms with van der Waals surface area (Å²) < 4.78 is 27.8. The molecule has 1 fully saturated rings. The van der Waals surface area contributed by atoms with Gasteiger partial charge in [-0.1, -0.05) is 36.4 Å². The minimum Gasteiger partial charge on any atom is -0.353 e. The van der Waals surface area contributed by atoms with E-state index in [-0.39, 0.29) is 18.0 Å². The Balaban J connectivity index is 1.80. The quantitative estimate of drug-likeness (QED) is 0.914. The molecule has 2 N–H and O–H groups in total. The lowest BCUT2D eigenvalue weighted by Gasteiger charge is -2.31. The van der Waals surface area contributed by atoms with Crippen LogP contribution in [0.25, 0.3) is 0 Å². The van der Waals surface area contributed by atoms with Crippen LogP contribution in [0, 0.1) is 11.6 Å². The summed E-state index contributed by atoms with van der Waals surface area (Å²) in [6.07, 6.45) is 0.471. The first-order chi connectivity index (χ1) is 10.6. The summed E-state index contributed by atoms with van der Waals surface area (Å²) in [5.41, 5.74) is 0.963. The number of hydrogen-bond acceptors (Lipinski definition) is 2. The molecular weight excluding hydrogens is 286 g/mol. The van der Waals surface area contributed by atoms with Crippen LogP contribution in [0.4, 0.5) is 8.78 Å². The predicted octanol–water partition coefficient (Wildman–Crippen LogP) is 2.34. The number of carbonyl (C=O) groups is 1. The molecule has 0 aliphatic carbocycles. The first-order valence-electron chi connectivity index (χ1n) is 7.17. The van der Waals surface area contributed by atoms with Gasteiger partial charge in [0.1, 0.15) is 11.6 Å². The molecule has 0 bridgehead atoms. The Morgan fingerprint density at radius 2 is 1.68 bits per heavy atom. The largest absolute Gasteiger partial charge is 0.353 e. The van der Waals surface area contributed by atoms with Crippen LogP contribution in [0.5, 0.6) is 0 Å². The summed E-state index contributed by atoms with van der Waals surface area (Å²) in [4.78, 5) is 12.0. The molecular formula is C17H16F2N2O. The summed E-state index contributed by atoms with van der Waals surface area (Å²) >= 11 is 0. The van der Waals surface area contributed by atoms with Crippen LogP contribution in [-0.2, 0) is 11.2 Å². The topological polar surface area (TPSA) is 41.1 Å². The highest BCUT2D eigenvalue weighted by Gasteiger charge is 2.31. The third kappa shape index (κ3) is 2.99. The van der Waals surface area contributed by atoms with Gasteiger partial charge in [0.25, 0.3) is 0 Å². The zero-order chi connectivity index (χ0) is 15.5. The molecule has 1 aliphatic heterocycles. The van der Waals surface area contributed by atoms with Crippen molar-refractivity contribution in [2.24, 2.45) is 0 Å². The number of benzene rings is 2. The maximum absolute atomic E-state index is 13.9. The van der Waals surface area contributed by atoms with Crippen molar-refractivity contribution in [3.63, 3.8) is 0 Å². The van der Waals surface area contributed by atoms with Crippen LogP contribution in [-0.4, -0.2) is 18.5 Å². The SMILES string of the molecule is O=C1NCC(c2c(F)cccc2F)NC1Cc1ccccc1. The molecule has 3 rings (SSSR count). The van der Waals surface area contributed by atoms with Crippen molar-refractivity contribution in [3.05, 3.63) is 71.3 Å². The van der Waals surface area contributed by atoms with Crippen molar-refractivity contribution in [2.45, 2.75) is 18.5 Å². The molecule has 22 heavy (non-hydrogen) atoms. The minimum atomic E-state index is -0.605. The molecule has 114 valence electrons. The smallest absolute Gasteiger partial charge is 0.237 e. The fourth-order valence-corrected chi connectivity index (χ4v) is 2.73. The van der Waals surface area contributed by atoms with Gasteiger partial charge in [0, 0.05) is 12.1 Å². The van der Waals surface area contributed by atoms with E-state index in [0.29, 0.717) is 6.42 Å². The Morgan fingerprint density at radius 1 is 1.00 bits per heavy atom. The molecule has 0 spiro atoms. The number of piperazine rings is 1. The fourth-order valence-electron chi connectivity index (χ4n) is 2.73. The van der Waals surface area contributed by atoms with Crippen LogP contribution in [0.3, 0.4) is 0 Å². The molecule has 2 unspecified atom stereocenters. The Kier molecular flexibility index (Phi) is 4.15. The van der Waals surface area contributed by atoms with Crippen LogP contribution in [0.1, 0.15) is 17.2 Å². The van der Waals surface area contributed by atoms with Gasteiger partial charge in [-0.25, -0.2) is 8.78 Å². The Bertz CT molecular complexity index is 655. The average molecular weight is 302 g/mol. The van der Waals surface area contributed by atoms with Gasteiger partial charge in [-0.05, 0) is 24.1 Å². The van der Waals surface area contributed by atoms with Gasteiger partial charge in [-0.3, -0.25) is 10.1 Å². The highest BCUT2D eigenvalue weighted by molar-refractivity contribution is 5.83. The Labute approximate surface area is 127 Å². The van der Waals surface area contributed by atoms with Gasteiger partial charge in [-0.15, -0.1) is 0 Å². The molecule has 1 aliphatic rings. The van der Waals surface area contributed by atoms with Crippen LogP contribution in [0.2, 0.25) is 0 Å². The van der Waals surface area contributed by atoms with Gasteiger partial charge in [0.2, 0.25) is 5.91 Å². The second-order valence-electron chi connectivity index (χ2n) is 5.34. The molecule has 1 saturated heterocycles. The highest BCUT2D eigenvalue weighted by atomic mass is 19.1. The summed E-state index contributed by atoms with van der Waals surface area (Å²) in [5.74, 6) is -1.36. The lowest BCUT2D eigenvalue weighted by atomic mass is 9.98. The van der Waals surface area contributed by atoms with E-state index in [0.717, 1.165) is 5.56 Å². The molecule has 2 atom stereocenters. The first kappa shape index (κ1) is 14.7. The fraction of sp³-hybridized carbons (Fsp3) is 0.235. The molecule has 3 nitrogen and oxygen atoms in total. The average Bonchev–Trinajstić information content (AvgIpc) is 2.51. The van der Waals surface area contributed by atoms with Crippen molar-refractivity contribution in [3.8, 4) is 0 Å². The van der Waals surface area contributed by atoms with Gasteiger partial charge < -0.3 is 5.32 Å². The lowest BCUT2D eigenvalue weighted by Crippen LogP contribution is -2.55. The van der Waals surface area contributed by atoms with Crippen LogP contribution < -0.4 is 10.6 Å². The summed E-state index contributed by atoms with van der Waals surface area (Å²) in [6.45, 7) is 0.169. The normalized spacial score (nSPS) is 21.5. The van der Waals surface area contributed by atoms with Gasteiger partial charge in [0.05, 0.1) is 12.1 Å². The van der Waals surface area contributed by atoms with E-state index >= 15 is 0 Å². The number of carbonyl (C=O) groups excluding carboxylic acids is 1. The first-order valence-corrected chi connectivity index (χ1v) is 7.17. The number of amides is 1. The molecule has 2 aromatic rings. The van der Waals surface area contributed by atoms with Gasteiger partial charge >= 0.3 is 0 Å². The molecule has 5 heteroatoms. The van der Waals surface area contributed by atoms with Crippen molar-refractivity contribution >= 4 is 5.91 Å². The van der Waals surface area contributed by atoms with Crippen LogP contribution in [0.15, 0.2) is 48.5 Å². The number of halogens is 2. The molecule has 1 heterocycles. The summed E-state index contributed by atoms with van der Waals surface area (Å²) in [6, 6.07) is 12.2. The summed E-state index contributed by atoms with van der Waals surface area (Å²) in [5, 5.41) is 5.78. The summed E-state index contributed by atoms with van der Waals surface area (Å²) in [7, 11) is 0. The van der Waals surface area contributed by atoms with Crippen LogP contribution >= 0.6 is 0 Å². The second-order valence-corrected chi connectivity index (χ2v) is 5.34. The van der Waals surface area contributed by atoms with Crippen molar-refractivity contribution in [2.75, 3.05) is 6.54 Å². The maximum atomic E-state index is 13.9. The number of nitrogens with one attached hydrogen (secondary N) is 2. The zero-order valence-corrected chi connectivity index (χ0v) is 11.9. The number of hydrogen-bond donors (Lipinski definition) is 2. The molecule has 0 saturated carbocycles. The highest BCUT2D eigenvalue weighted by Crippen LogP contribution is 2.23. The van der Waals surface area contributed by atoms with E-state index in [9.17, 15) is 13.6 Å². The molecule has 2 aromatic carbocycles. The predicted molar refractivity (Wildman–Crippen MR) is 79.2 cm³/mol. The number of rotatable bonds is 3. The lowest BCUT2D eigenvalue weighted by molar-refractivity contribution is -0.125. The second kappa shape index (κ2) is 6.23. The van der Waals surface area contributed by atoms with E-state index in [1.165, 1.54) is 18.2 Å². The van der Waals surface area contributed by atoms with Crippen molar-refractivity contribution in [1.29, 1.82) is 0 Å². The third-order valence-corrected chi connectivity index (χ3v) is 3.83.